The number of hydrogen-bond donors (Lipinski definition) is 0. The van der Waals surface area contributed by atoms with Gasteiger partial charge in [-0.3, -0.25) is 4.79 Å². The Kier molecular flexibility index (Phi) is 7.74. The number of nitrogens with zero attached hydrogens (tertiary/aromatic N) is 5. The monoisotopic (exact) mass is 581 g/mol. The van der Waals surface area contributed by atoms with Crippen molar-refractivity contribution in [1.82, 2.24) is 9.88 Å². The average molecular weight is 582 g/mol. The van der Waals surface area contributed by atoms with Crippen LogP contribution in [0.15, 0.2) is 40.8 Å². The van der Waals surface area contributed by atoms with Crippen LogP contribution in [-0.4, -0.2) is 67.8 Å². The van der Waals surface area contributed by atoms with Crippen molar-refractivity contribution in [2.24, 2.45) is 0 Å². The van der Waals surface area contributed by atoms with Crippen molar-refractivity contribution >= 4 is 28.7 Å². The van der Waals surface area contributed by atoms with E-state index in [0.29, 0.717) is 57.8 Å². The number of benzene rings is 2. The minimum atomic E-state index is -4.63. The second kappa shape index (κ2) is 11.1. The van der Waals surface area contributed by atoms with Gasteiger partial charge in [0.25, 0.3) is 6.01 Å². The van der Waals surface area contributed by atoms with Crippen molar-refractivity contribution in [2.45, 2.75) is 31.3 Å². The lowest BCUT2D eigenvalue weighted by molar-refractivity contribution is -0.139. The topological polar surface area (TPSA) is 85.8 Å². The van der Waals surface area contributed by atoms with Crippen molar-refractivity contribution in [3.05, 3.63) is 53.1 Å². The molecular formula is C27H25F6N5O3. The summed E-state index contributed by atoms with van der Waals surface area (Å²) in [7, 11) is 0. The lowest BCUT2D eigenvalue weighted by atomic mass is 10.0. The second-order valence-corrected chi connectivity index (χ2v) is 9.88. The van der Waals surface area contributed by atoms with Gasteiger partial charge in [0.1, 0.15) is 12.1 Å². The third-order valence-corrected chi connectivity index (χ3v) is 7.29. The Balaban J connectivity index is 1.09. The number of anilines is 2. The first kappa shape index (κ1) is 28.5. The molecule has 1 amide bonds. The van der Waals surface area contributed by atoms with E-state index in [1.165, 1.54) is 18.2 Å². The van der Waals surface area contributed by atoms with E-state index >= 15 is 0 Å². The predicted octanol–water partition coefficient (Wildman–Crippen LogP) is 5.07. The fourth-order valence-corrected chi connectivity index (χ4v) is 5.00. The number of carbonyl (C=O) groups is 1. The number of carbonyl (C=O) groups excluding carboxylic acids is 1. The lowest BCUT2D eigenvalue weighted by Gasteiger charge is -2.35. The summed E-state index contributed by atoms with van der Waals surface area (Å²) >= 11 is 0. The molecule has 1 aromatic heterocycles. The molecule has 0 unspecified atom stereocenters. The number of amides is 1. The van der Waals surface area contributed by atoms with Crippen LogP contribution < -0.4 is 9.80 Å². The zero-order valence-electron chi connectivity index (χ0n) is 21.6. The van der Waals surface area contributed by atoms with Gasteiger partial charge in [0.15, 0.2) is 5.58 Å². The van der Waals surface area contributed by atoms with E-state index in [2.05, 4.69) is 4.98 Å². The summed E-state index contributed by atoms with van der Waals surface area (Å²) in [5.41, 5.74) is -1.47. The number of piperidine rings is 1. The molecule has 41 heavy (non-hydrogen) atoms. The summed E-state index contributed by atoms with van der Waals surface area (Å²) in [6.07, 6.45) is -8.29. The third-order valence-electron chi connectivity index (χ3n) is 7.29. The van der Waals surface area contributed by atoms with Crippen LogP contribution in [0.1, 0.15) is 29.5 Å². The van der Waals surface area contributed by atoms with E-state index < -0.39 is 29.0 Å². The van der Waals surface area contributed by atoms with Crippen LogP contribution in [0.5, 0.6) is 0 Å². The lowest BCUT2D eigenvalue weighted by Crippen LogP contribution is -2.50. The summed E-state index contributed by atoms with van der Waals surface area (Å²) < 4.78 is 90.3. The van der Waals surface area contributed by atoms with Crippen LogP contribution in [-0.2, 0) is 21.9 Å². The molecule has 2 saturated heterocycles. The molecule has 0 saturated carbocycles. The van der Waals surface area contributed by atoms with Gasteiger partial charge in [0.05, 0.1) is 28.9 Å². The molecule has 0 atom stereocenters. The number of rotatable bonds is 5. The summed E-state index contributed by atoms with van der Waals surface area (Å²) in [6.45, 7) is 2.22. The van der Waals surface area contributed by atoms with Gasteiger partial charge in [-0.25, -0.2) is 0 Å². The first-order valence-corrected chi connectivity index (χ1v) is 12.9. The smallest absolute Gasteiger partial charge is 0.417 e. The summed E-state index contributed by atoms with van der Waals surface area (Å²) in [5, 5.41) is 8.99. The summed E-state index contributed by atoms with van der Waals surface area (Å²) in [4.78, 5) is 22.1. The Morgan fingerprint density at radius 2 is 1.66 bits per heavy atom. The first-order valence-electron chi connectivity index (χ1n) is 12.9. The van der Waals surface area contributed by atoms with E-state index in [1.54, 1.807) is 20.8 Å². The van der Waals surface area contributed by atoms with Crippen LogP contribution in [0.3, 0.4) is 0 Å². The molecule has 0 aliphatic carbocycles. The Bertz CT molecular complexity index is 1450. The number of ether oxygens (including phenoxy) is 1. The van der Waals surface area contributed by atoms with E-state index in [9.17, 15) is 31.1 Å². The standard InChI is InChI=1S/C27H25F6N5O3/c28-26(29,30)18-2-4-23-22(13-18)35-25(41-23)38-11-9-37(10-12-38)24(39)16-40-20-5-7-36(8-6-20)19-3-1-17(15-34)21(14-19)27(31,32)33/h1-4,13-14,20H,5-12,16H2. The molecule has 14 heteroatoms. The predicted molar refractivity (Wildman–Crippen MR) is 135 cm³/mol. The minimum Gasteiger partial charge on any atom is -0.423 e. The van der Waals surface area contributed by atoms with E-state index in [1.807, 2.05) is 0 Å². The molecule has 2 aliphatic heterocycles. The van der Waals surface area contributed by atoms with E-state index in [-0.39, 0.29) is 35.7 Å². The van der Waals surface area contributed by atoms with Crippen LogP contribution in [0.4, 0.5) is 38.0 Å². The summed E-state index contributed by atoms with van der Waals surface area (Å²) in [6, 6.07) is 8.55. The largest absolute Gasteiger partial charge is 0.423 e. The van der Waals surface area contributed by atoms with Crippen LogP contribution in [0, 0.1) is 11.3 Å². The van der Waals surface area contributed by atoms with E-state index in [0.717, 1.165) is 18.2 Å². The molecule has 8 nitrogen and oxygen atoms in total. The van der Waals surface area contributed by atoms with Crippen molar-refractivity contribution in [2.75, 3.05) is 55.7 Å². The molecular weight excluding hydrogens is 556 g/mol. The molecule has 3 heterocycles. The molecule has 5 rings (SSSR count). The van der Waals surface area contributed by atoms with Crippen molar-refractivity contribution < 1.29 is 40.3 Å². The number of halogens is 6. The molecule has 218 valence electrons. The quantitative estimate of drug-likeness (QED) is 0.389. The zero-order valence-corrected chi connectivity index (χ0v) is 21.6. The van der Waals surface area contributed by atoms with E-state index in [4.69, 9.17) is 14.4 Å². The maximum absolute atomic E-state index is 13.3. The number of nitriles is 1. The number of alkyl halides is 6. The van der Waals surface area contributed by atoms with Crippen LogP contribution in [0.2, 0.25) is 0 Å². The maximum Gasteiger partial charge on any atom is 0.417 e. The number of piperazine rings is 1. The van der Waals surface area contributed by atoms with Gasteiger partial charge in [0.2, 0.25) is 5.91 Å². The first-order chi connectivity index (χ1) is 19.4. The number of fused-ring (bicyclic) bond motifs is 1. The third kappa shape index (κ3) is 6.35. The Hall–Kier alpha value is -3.99. The molecule has 0 spiro atoms. The second-order valence-electron chi connectivity index (χ2n) is 9.88. The van der Waals surface area contributed by atoms with Gasteiger partial charge in [-0.05, 0) is 49.2 Å². The van der Waals surface area contributed by atoms with Gasteiger partial charge in [-0.15, -0.1) is 0 Å². The molecule has 3 aromatic rings. The molecule has 0 radical (unpaired) electrons. The van der Waals surface area contributed by atoms with Gasteiger partial charge < -0.3 is 23.9 Å². The van der Waals surface area contributed by atoms with Crippen LogP contribution >= 0.6 is 0 Å². The van der Waals surface area contributed by atoms with Crippen LogP contribution in [0.25, 0.3) is 11.1 Å². The zero-order chi connectivity index (χ0) is 29.4. The highest BCUT2D eigenvalue weighted by molar-refractivity contribution is 5.78. The number of hydrogen-bond acceptors (Lipinski definition) is 7. The Labute approximate surface area is 230 Å². The normalized spacial score (nSPS) is 17.2. The Morgan fingerprint density at radius 1 is 0.951 bits per heavy atom. The minimum absolute atomic E-state index is 0.104. The SMILES string of the molecule is N#Cc1ccc(N2CCC(OCC(=O)N3CCN(c4nc5cc(C(F)(F)F)ccc5o4)CC3)CC2)cc1C(F)(F)F. The van der Waals surface area contributed by atoms with Gasteiger partial charge in [-0.1, -0.05) is 0 Å². The fourth-order valence-electron chi connectivity index (χ4n) is 5.00. The van der Waals surface area contributed by atoms with Crippen molar-refractivity contribution in [3.8, 4) is 6.07 Å². The molecule has 2 fully saturated rings. The number of aromatic nitrogens is 1. The fraction of sp³-hybridized carbons (Fsp3) is 0.444. The highest BCUT2D eigenvalue weighted by Crippen LogP contribution is 2.35. The maximum atomic E-state index is 13.3. The van der Waals surface area contributed by atoms with Gasteiger partial charge in [-0.2, -0.15) is 36.6 Å². The van der Waals surface area contributed by atoms with Crippen molar-refractivity contribution in [1.29, 1.82) is 5.26 Å². The van der Waals surface area contributed by atoms with Gasteiger partial charge in [0, 0.05) is 45.0 Å². The molecule has 0 bridgehead atoms. The Morgan fingerprint density at radius 3 is 2.29 bits per heavy atom. The highest BCUT2D eigenvalue weighted by atomic mass is 19.4. The molecule has 0 N–H and O–H groups in total. The number of oxazole rings is 1. The average Bonchev–Trinajstić information content (AvgIpc) is 3.39. The summed E-state index contributed by atoms with van der Waals surface area (Å²) in [5.74, 6) is -0.207. The molecule has 2 aliphatic rings. The van der Waals surface area contributed by atoms with Gasteiger partial charge >= 0.3 is 12.4 Å². The van der Waals surface area contributed by atoms with Crippen molar-refractivity contribution in [3.63, 3.8) is 0 Å². The highest BCUT2D eigenvalue weighted by Gasteiger charge is 2.35. The molecule has 2 aromatic carbocycles.